The van der Waals surface area contributed by atoms with Gasteiger partial charge in [-0.25, -0.2) is 4.39 Å². The molecule has 1 heterocycles. The number of carbonyl (C=O) groups excluding carboxylic acids is 3. The largest absolute Gasteiger partial charge is 0.508 e. The molecule has 3 aromatic carbocycles. The van der Waals surface area contributed by atoms with Crippen molar-refractivity contribution in [3.8, 4) is 11.5 Å². The van der Waals surface area contributed by atoms with Crippen LogP contribution in [-0.4, -0.2) is 96.3 Å². The van der Waals surface area contributed by atoms with Gasteiger partial charge in [-0.05, 0) is 62.5 Å². The van der Waals surface area contributed by atoms with E-state index in [1.54, 1.807) is 57.4 Å². The average molecular weight is 576 g/mol. The van der Waals surface area contributed by atoms with E-state index in [0.29, 0.717) is 17.7 Å². The predicted molar refractivity (Wildman–Crippen MR) is 158 cm³/mol. The van der Waals surface area contributed by atoms with Gasteiger partial charge >= 0.3 is 0 Å². The lowest BCUT2D eigenvalue weighted by Gasteiger charge is -2.46. The fourth-order valence-corrected chi connectivity index (χ4v) is 5.99. The number of likely N-dealkylation sites (N-methyl/N-ethyl adjacent to an activating group) is 2. The number of piperidine rings is 1. The highest BCUT2D eigenvalue weighted by Crippen LogP contribution is 2.43. The van der Waals surface area contributed by atoms with Crippen molar-refractivity contribution in [2.75, 3.05) is 47.8 Å². The fourth-order valence-electron chi connectivity index (χ4n) is 5.99. The maximum Gasteiger partial charge on any atom is 0.240 e. The Bertz CT molecular complexity index is 1410. The molecule has 2 N–H and O–H groups in total. The summed E-state index contributed by atoms with van der Waals surface area (Å²) in [4.78, 5) is 47.3. The second-order valence-electron chi connectivity index (χ2n) is 11.5. The molecule has 42 heavy (non-hydrogen) atoms. The first-order valence-electron chi connectivity index (χ1n) is 13.9. The number of benzene rings is 3. The van der Waals surface area contributed by atoms with Gasteiger partial charge in [0.05, 0.1) is 0 Å². The molecule has 1 amide bonds. The molecular weight excluding hydrogens is 537 g/mol. The Morgan fingerprint density at radius 1 is 0.857 bits per heavy atom. The van der Waals surface area contributed by atoms with Crippen LogP contribution in [0.2, 0.25) is 0 Å². The summed E-state index contributed by atoms with van der Waals surface area (Å²) in [5, 5.41) is 20.3. The van der Waals surface area contributed by atoms with Gasteiger partial charge in [0.1, 0.15) is 23.4 Å². The number of amides is 1. The second kappa shape index (κ2) is 12.8. The molecule has 0 bridgehead atoms. The number of hydrogen-bond donors (Lipinski definition) is 2. The zero-order valence-corrected chi connectivity index (χ0v) is 24.6. The van der Waals surface area contributed by atoms with Gasteiger partial charge in [0.2, 0.25) is 5.91 Å². The van der Waals surface area contributed by atoms with Gasteiger partial charge in [-0.2, -0.15) is 0 Å². The molecule has 0 radical (unpaired) electrons. The van der Waals surface area contributed by atoms with Crippen molar-refractivity contribution in [1.29, 1.82) is 0 Å². The van der Waals surface area contributed by atoms with E-state index in [1.165, 1.54) is 35.2 Å². The maximum absolute atomic E-state index is 15.0. The van der Waals surface area contributed by atoms with Gasteiger partial charge in [-0.1, -0.05) is 36.4 Å². The van der Waals surface area contributed by atoms with Crippen molar-refractivity contribution in [1.82, 2.24) is 14.7 Å². The number of halogens is 1. The highest BCUT2D eigenvalue weighted by atomic mass is 19.1. The van der Waals surface area contributed by atoms with E-state index >= 15 is 0 Å². The van der Waals surface area contributed by atoms with Crippen molar-refractivity contribution in [3.05, 3.63) is 94.8 Å². The van der Waals surface area contributed by atoms with E-state index in [1.807, 2.05) is 23.9 Å². The van der Waals surface area contributed by atoms with Gasteiger partial charge in [-0.3, -0.25) is 19.3 Å². The number of aromatic hydroxyl groups is 2. The number of carbonyl (C=O) groups is 3. The molecule has 0 spiro atoms. The molecule has 4 rings (SSSR count). The van der Waals surface area contributed by atoms with E-state index in [0.717, 1.165) is 0 Å². The summed E-state index contributed by atoms with van der Waals surface area (Å²) in [6.07, 6.45) is 0. The fraction of sp³-hybridized carbons (Fsp3) is 0.364. The van der Waals surface area contributed by atoms with Crippen LogP contribution in [0, 0.1) is 24.6 Å². The summed E-state index contributed by atoms with van der Waals surface area (Å²) in [6.45, 7) is 2.25. The molecule has 1 saturated heterocycles. The summed E-state index contributed by atoms with van der Waals surface area (Å²) < 4.78 is 15.0. The SMILES string of the molecule is Cc1c(F)cccc1C1C(C(=O)c2cccc(O)c2)CN(C(CN(C)C)C(=O)N(C)C)CC1C(=O)c1cccc(O)c1. The number of rotatable bonds is 9. The van der Waals surface area contributed by atoms with E-state index < -0.39 is 29.6 Å². The molecule has 0 aromatic heterocycles. The van der Waals surface area contributed by atoms with Crippen molar-refractivity contribution < 1.29 is 29.0 Å². The van der Waals surface area contributed by atoms with Gasteiger partial charge in [0, 0.05) is 62.6 Å². The van der Waals surface area contributed by atoms with Crippen molar-refractivity contribution in [2.45, 2.75) is 18.9 Å². The van der Waals surface area contributed by atoms with Gasteiger partial charge in [0.15, 0.2) is 11.6 Å². The minimum atomic E-state index is -0.855. The van der Waals surface area contributed by atoms with Crippen molar-refractivity contribution in [2.24, 2.45) is 11.8 Å². The lowest BCUT2D eigenvalue weighted by Crippen LogP contribution is -2.59. The molecule has 222 valence electrons. The molecule has 8 nitrogen and oxygen atoms in total. The molecule has 1 fully saturated rings. The third kappa shape index (κ3) is 6.53. The third-order valence-corrected chi connectivity index (χ3v) is 8.04. The zero-order chi connectivity index (χ0) is 30.7. The molecule has 3 aromatic rings. The first-order valence-corrected chi connectivity index (χ1v) is 13.9. The topological polar surface area (TPSA) is 101 Å². The van der Waals surface area contributed by atoms with Crippen molar-refractivity contribution in [3.63, 3.8) is 0 Å². The van der Waals surface area contributed by atoms with Crippen LogP contribution in [0.1, 0.15) is 37.8 Å². The first kappa shape index (κ1) is 30.9. The first-order chi connectivity index (χ1) is 19.9. The molecule has 0 aliphatic carbocycles. The summed E-state index contributed by atoms with van der Waals surface area (Å²) >= 11 is 0. The smallest absolute Gasteiger partial charge is 0.240 e. The normalized spacial score (nSPS) is 19.8. The van der Waals surface area contributed by atoms with Crippen LogP contribution in [0.3, 0.4) is 0 Å². The third-order valence-electron chi connectivity index (χ3n) is 8.04. The van der Waals surface area contributed by atoms with Gasteiger partial charge in [0.25, 0.3) is 0 Å². The summed E-state index contributed by atoms with van der Waals surface area (Å²) in [5.74, 6) is -3.86. The highest BCUT2D eigenvalue weighted by Gasteiger charge is 2.48. The molecule has 9 heteroatoms. The molecule has 1 aliphatic rings. The predicted octanol–water partition coefficient (Wildman–Crippen LogP) is 3.96. The van der Waals surface area contributed by atoms with E-state index in [2.05, 4.69) is 0 Å². The van der Waals surface area contributed by atoms with Crippen molar-refractivity contribution >= 4 is 17.5 Å². The lowest BCUT2D eigenvalue weighted by atomic mass is 9.67. The van der Waals surface area contributed by atoms with Crippen LogP contribution in [0.25, 0.3) is 0 Å². The highest BCUT2D eigenvalue weighted by molar-refractivity contribution is 6.02. The molecule has 3 unspecified atom stereocenters. The summed E-state index contributed by atoms with van der Waals surface area (Å²) in [6, 6.07) is 16.0. The van der Waals surface area contributed by atoms with Crippen LogP contribution >= 0.6 is 0 Å². The zero-order valence-electron chi connectivity index (χ0n) is 24.6. The van der Waals surface area contributed by atoms with Crippen LogP contribution in [0.15, 0.2) is 66.7 Å². The van der Waals surface area contributed by atoms with Gasteiger partial charge in [-0.15, -0.1) is 0 Å². The minimum Gasteiger partial charge on any atom is -0.508 e. The molecule has 1 aliphatic heterocycles. The molecule has 3 atom stereocenters. The van der Waals surface area contributed by atoms with E-state index in [4.69, 9.17) is 0 Å². The molecule has 0 saturated carbocycles. The Hall–Kier alpha value is -4.08. The average Bonchev–Trinajstić information content (AvgIpc) is 2.95. The van der Waals surface area contributed by atoms with Crippen LogP contribution < -0.4 is 0 Å². The number of nitrogens with zero attached hydrogens (tertiary/aromatic N) is 3. The van der Waals surface area contributed by atoms with Crippen LogP contribution in [0.4, 0.5) is 4.39 Å². The monoisotopic (exact) mass is 575 g/mol. The summed E-state index contributed by atoms with van der Waals surface area (Å²) in [7, 11) is 7.03. The standard InChI is InChI=1S/C33H38FN3O5/c1-20-25(13-8-14-28(20)34)30-26(31(40)21-9-6-11-23(38)15-21)17-37(29(19-35(2)3)33(42)36(4)5)18-27(30)32(41)22-10-7-12-24(39)16-22/h6-16,26-27,29-30,38-39H,17-19H2,1-5H3. The van der Waals surface area contributed by atoms with Crippen LogP contribution in [0.5, 0.6) is 11.5 Å². The Morgan fingerprint density at radius 3 is 1.81 bits per heavy atom. The Balaban J connectivity index is 1.93. The Labute approximate surface area is 246 Å². The number of phenols is 2. The molecular formula is C33H38FN3O5. The second-order valence-corrected chi connectivity index (χ2v) is 11.5. The number of hydrogen-bond acceptors (Lipinski definition) is 7. The van der Waals surface area contributed by atoms with E-state index in [-0.39, 0.29) is 53.2 Å². The number of likely N-dealkylation sites (tertiary alicyclic amines) is 1. The quantitative estimate of drug-likeness (QED) is 0.373. The minimum absolute atomic E-state index is 0.0762. The Morgan fingerprint density at radius 2 is 1.36 bits per heavy atom. The van der Waals surface area contributed by atoms with Gasteiger partial charge < -0.3 is 20.0 Å². The number of Topliss-reactive ketones (excluding diaryl/α,β-unsaturated/α-hetero) is 2. The summed E-state index contributed by atoms with van der Waals surface area (Å²) in [5.41, 5.74) is 1.39. The van der Waals surface area contributed by atoms with Crippen LogP contribution in [-0.2, 0) is 4.79 Å². The maximum atomic E-state index is 15.0. The van der Waals surface area contributed by atoms with E-state index in [9.17, 15) is 29.0 Å². The Kier molecular flexibility index (Phi) is 9.43. The number of ketones is 2. The number of phenolic OH excluding ortho intramolecular Hbond substituents is 2. The lowest BCUT2D eigenvalue weighted by molar-refractivity contribution is -0.136.